The number of likely N-dealkylation sites (tertiary alicyclic amines) is 1. The first kappa shape index (κ1) is 22.8. The summed E-state index contributed by atoms with van der Waals surface area (Å²) in [5, 5.41) is 5.94. The molecule has 2 amide bonds. The van der Waals surface area contributed by atoms with Gasteiger partial charge in [-0.1, -0.05) is 6.07 Å². The zero-order valence-corrected chi connectivity index (χ0v) is 17.3. The monoisotopic (exact) mass is 419 g/mol. The minimum absolute atomic E-state index is 0. The van der Waals surface area contributed by atoms with Crippen LogP contribution < -0.4 is 10.6 Å². The van der Waals surface area contributed by atoms with Crippen molar-refractivity contribution in [1.29, 1.82) is 0 Å². The minimum atomic E-state index is -0.390. The van der Waals surface area contributed by atoms with Gasteiger partial charge in [-0.3, -0.25) is 9.59 Å². The van der Waals surface area contributed by atoms with Gasteiger partial charge >= 0.3 is 0 Å². The van der Waals surface area contributed by atoms with Gasteiger partial charge in [-0.05, 0) is 81.2 Å². The molecule has 1 saturated heterocycles. The van der Waals surface area contributed by atoms with Crippen molar-refractivity contribution in [2.75, 3.05) is 32.0 Å². The van der Waals surface area contributed by atoms with Crippen molar-refractivity contribution in [1.82, 2.24) is 10.2 Å². The Labute approximate surface area is 177 Å². The van der Waals surface area contributed by atoms with Crippen LogP contribution in [0.15, 0.2) is 48.5 Å². The van der Waals surface area contributed by atoms with Crippen LogP contribution in [0.4, 0.5) is 10.1 Å². The van der Waals surface area contributed by atoms with Gasteiger partial charge < -0.3 is 15.5 Å². The van der Waals surface area contributed by atoms with Crippen molar-refractivity contribution in [2.24, 2.45) is 5.92 Å². The number of carbonyl (C=O) groups is 2. The summed E-state index contributed by atoms with van der Waals surface area (Å²) in [7, 11) is 1.96. The maximum Gasteiger partial charge on any atom is 0.255 e. The Morgan fingerprint density at radius 2 is 1.76 bits per heavy atom. The average Bonchev–Trinajstić information content (AvgIpc) is 2.72. The van der Waals surface area contributed by atoms with Crippen LogP contribution >= 0.6 is 12.4 Å². The zero-order valence-electron chi connectivity index (χ0n) is 16.5. The summed E-state index contributed by atoms with van der Waals surface area (Å²) in [6, 6.07) is 12.3. The van der Waals surface area contributed by atoms with E-state index in [1.165, 1.54) is 24.3 Å². The minimum Gasteiger partial charge on any atom is -0.339 e. The number of rotatable bonds is 6. The molecule has 0 bridgehead atoms. The van der Waals surface area contributed by atoms with E-state index in [1.807, 2.05) is 11.9 Å². The highest BCUT2D eigenvalue weighted by Crippen LogP contribution is 2.22. The third-order valence-electron chi connectivity index (χ3n) is 5.18. The molecule has 1 aliphatic rings. The van der Waals surface area contributed by atoms with Gasteiger partial charge in [0.1, 0.15) is 5.82 Å². The highest BCUT2D eigenvalue weighted by Gasteiger charge is 2.23. The van der Waals surface area contributed by atoms with Gasteiger partial charge in [0.05, 0.1) is 0 Å². The van der Waals surface area contributed by atoms with Gasteiger partial charge in [0.2, 0.25) is 0 Å². The second kappa shape index (κ2) is 10.9. The fraction of sp³-hybridized carbons (Fsp3) is 0.364. The van der Waals surface area contributed by atoms with Crippen LogP contribution in [0, 0.1) is 11.7 Å². The molecule has 2 N–H and O–H groups in total. The van der Waals surface area contributed by atoms with Crippen LogP contribution in [0.1, 0.15) is 40.0 Å². The molecule has 1 aliphatic heterocycles. The standard InChI is InChI=1S/C22H26FN3O2.ClH/c1-24-12-9-16-10-13-26(14-11-16)22(28)18-3-2-4-20(15-18)25-21(27)17-5-7-19(23)8-6-17;/h2-8,15-16,24H,9-14H2,1H3,(H,25,27);1H. The van der Waals surface area contributed by atoms with E-state index in [4.69, 9.17) is 0 Å². The number of carbonyl (C=O) groups excluding carboxylic acids is 2. The van der Waals surface area contributed by atoms with E-state index in [0.29, 0.717) is 22.7 Å². The fourth-order valence-corrected chi connectivity index (χ4v) is 3.49. The quantitative estimate of drug-likeness (QED) is 0.745. The summed E-state index contributed by atoms with van der Waals surface area (Å²) in [5.41, 5.74) is 1.47. The lowest BCUT2D eigenvalue weighted by atomic mass is 9.93. The summed E-state index contributed by atoms with van der Waals surface area (Å²) < 4.78 is 13.0. The topological polar surface area (TPSA) is 61.4 Å². The number of nitrogens with one attached hydrogen (secondary N) is 2. The molecule has 0 spiro atoms. The Morgan fingerprint density at radius 3 is 2.41 bits per heavy atom. The molecule has 7 heteroatoms. The molecule has 0 radical (unpaired) electrons. The van der Waals surface area contributed by atoms with E-state index in [9.17, 15) is 14.0 Å². The summed E-state index contributed by atoms with van der Waals surface area (Å²) in [6.07, 6.45) is 3.19. The second-order valence-electron chi connectivity index (χ2n) is 7.17. The Morgan fingerprint density at radius 1 is 1.07 bits per heavy atom. The molecule has 1 fully saturated rings. The molecule has 1 heterocycles. The molecule has 3 rings (SSSR count). The van der Waals surface area contributed by atoms with Crippen molar-refractivity contribution in [2.45, 2.75) is 19.3 Å². The lowest BCUT2D eigenvalue weighted by Gasteiger charge is -2.32. The summed E-state index contributed by atoms with van der Waals surface area (Å²) in [4.78, 5) is 27.0. The zero-order chi connectivity index (χ0) is 19.9. The summed E-state index contributed by atoms with van der Waals surface area (Å²) in [5.74, 6) is -0.0726. The molecule has 2 aromatic carbocycles. The van der Waals surface area contributed by atoms with Gasteiger partial charge in [-0.25, -0.2) is 4.39 Å². The highest BCUT2D eigenvalue weighted by molar-refractivity contribution is 6.05. The van der Waals surface area contributed by atoms with Crippen molar-refractivity contribution in [3.63, 3.8) is 0 Å². The van der Waals surface area contributed by atoms with Crippen molar-refractivity contribution >= 4 is 29.9 Å². The molecular weight excluding hydrogens is 393 g/mol. The Bertz CT molecular complexity index is 821. The second-order valence-corrected chi connectivity index (χ2v) is 7.17. The van der Waals surface area contributed by atoms with E-state index in [-0.39, 0.29) is 30.0 Å². The van der Waals surface area contributed by atoms with Gasteiger partial charge in [0.25, 0.3) is 11.8 Å². The first-order valence-electron chi connectivity index (χ1n) is 9.67. The third-order valence-corrected chi connectivity index (χ3v) is 5.18. The highest BCUT2D eigenvalue weighted by atomic mass is 35.5. The van der Waals surface area contributed by atoms with E-state index in [0.717, 1.165) is 38.9 Å². The smallest absolute Gasteiger partial charge is 0.255 e. The largest absolute Gasteiger partial charge is 0.339 e. The Kier molecular flexibility index (Phi) is 8.61. The number of benzene rings is 2. The van der Waals surface area contributed by atoms with Crippen molar-refractivity contribution in [3.05, 3.63) is 65.5 Å². The molecule has 2 aromatic rings. The van der Waals surface area contributed by atoms with E-state index >= 15 is 0 Å². The van der Waals surface area contributed by atoms with Crippen molar-refractivity contribution < 1.29 is 14.0 Å². The fourth-order valence-electron chi connectivity index (χ4n) is 3.49. The number of hydrogen-bond donors (Lipinski definition) is 2. The molecule has 0 saturated carbocycles. The third kappa shape index (κ3) is 6.27. The van der Waals surface area contributed by atoms with Crippen LogP contribution in [0.25, 0.3) is 0 Å². The van der Waals surface area contributed by atoms with Gasteiger partial charge in [0, 0.05) is 29.9 Å². The molecule has 0 unspecified atom stereocenters. The van der Waals surface area contributed by atoms with Gasteiger partial charge in [0.15, 0.2) is 0 Å². The van der Waals surface area contributed by atoms with Gasteiger partial charge in [-0.15, -0.1) is 12.4 Å². The predicted molar refractivity (Wildman–Crippen MR) is 115 cm³/mol. The number of hydrogen-bond acceptors (Lipinski definition) is 3. The Balaban J connectivity index is 0.00000300. The number of piperidine rings is 1. The molecule has 0 aliphatic carbocycles. The SMILES string of the molecule is CNCCC1CCN(C(=O)c2cccc(NC(=O)c3ccc(F)cc3)c2)CC1.Cl. The molecule has 0 aromatic heterocycles. The van der Waals surface area contributed by atoms with Crippen molar-refractivity contribution in [3.8, 4) is 0 Å². The Hall–Kier alpha value is -2.44. The maximum atomic E-state index is 13.0. The van der Waals surface area contributed by atoms with E-state index in [1.54, 1.807) is 24.3 Å². The summed E-state index contributed by atoms with van der Waals surface area (Å²) in [6.45, 7) is 2.53. The molecule has 156 valence electrons. The van der Waals surface area contributed by atoms with Crippen LogP contribution in [0.5, 0.6) is 0 Å². The van der Waals surface area contributed by atoms with Crippen LogP contribution in [0.3, 0.4) is 0 Å². The molecule has 29 heavy (non-hydrogen) atoms. The summed E-state index contributed by atoms with van der Waals surface area (Å²) >= 11 is 0. The van der Waals surface area contributed by atoms with Crippen LogP contribution in [0.2, 0.25) is 0 Å². The maximum absolute atomic E-state index is 13.0. The lowest BCUT2D eigenvalue weighted by Crippen LogP contribution is -2.39. The average molecular weight is 420 g/mol. The molecular formula is C22H27ClFN3O2. The van der Waals surface area contributed by atoms with E-state index in [2.05, 4.69) is 10.6 Å². The lowest BCUT2D eigenvalue weighted by molar-refractivity contribution is 0.0687. The first-order valence-corrected chi connectivity index (χ1v) is 9.67. The normalized spacial score (nSPS) is 14.2. The molecule has 0 atom stereocenters. The predicted octanol–water partition coefficient (Wildman–Crippen LogP) is 3.96. The van der Waals surface area contributed by atoms with Crippen LogP contribution in [-0.2, 0) is 0 Å². The van der Waals surface area contributed by atoms with E-state index < -0.39 is 0 Å². The molecule has 5 nitrogen and oxygen atoms in total. The number of nitrogens with zero attached hydrogens (tertiary/aromatic N) is 1. The first-order chi connectivity index (χ1) is 13.6. The van der Waals surface area contributed by atoms with Crippen LogP contribution in [-0.4, -0.2) is 43.4 Å². The number of halogens is 2. The van der Waals surface area contributed by atoms with Gasteiger partial charge in [-0.2, -0.15) is 0 Å². The number of anilines is 1. The number of amides is 2.